The van der Waals surface area contributed by atoms with Gasteiger partial charge in [-0.2, -0.15) is 0 Å². The molecule has 0 amide bonds. The summed E-state index contributed by atoms with van der Waals surface area (Å²) in [4.78, 5) is 1.27. The molecule has 1 fully saturated rings. The van der Waals surface area contributed by atoms with Crippen LogP contribution in [0, 0.1) is 5.92 Å². The quantitative estimate of drug-likeness (QED) is 0.709. The zero-order valence-electron chi connectivity index (χ0n) is 7.75. The van der Waals surface area contributed by atoms with E-state index in [-0.39, 0.29) is 0 Å². The fraction of sp³-hybridized carbons (Fsp3) is 0.600. The monoisotopic (exact) mass is 196 g/mol. The van der Waals surface area contributed by atoms with Gasteiger partial charge in [-0.15, -0.1) is 11.3 Å². The van der Waals surface area contributed by atoms with E-state index in [1.54, 1.807) is 11.3 Å². The first-order valence-electron chi connectivity index (χ1n) is 4.89. The van der Waals surface area contributed by atoms with E-state index >= 15 is 0 Å². The second-order valence-corrected chi connectivity index (χ2v) is 4.71. The molecule has 3 N–H and O–H groups in total. The molecule has 0 aromatic carbocycles. The first-order valence-corrected chi connectivity index (χ1v) is 5.77. The van der Waals surface area contributed by atoms with Gasteiger partial charge in [-0.1, -0.05) is 12.8 Å². The van der Waals surface area contributed by atoms with E-state index in [1.165, 1.54) is 24.1 Å². The first-order chi connectivity index (χ1) is 6.36. The summed E-state index contributed by atoms with van der Waals surface area (Å²) in [6.45, 7) is 2.08. The maximum Gasteiger partial charge on any atom is 0.0468 e. The van der Waals surface area contributed by atoms with Crippen molar-refractivity contribution in [1.29, 1.82) is 0 Å². The second kappa shape index (κ2) is 4.11. The third kappa shape index (κ3) is 2.71. The predicted molar refractivity (Wildman–Crippen MR) is 57.8 cm³/mol. The van der Waals surface area contributed by atoms with Crippen molar-refractivity contribution in [2.45, 2.75) is 25.8 Å². The van der Waals surface area contributed by atoms with Gasteiger partial charge in [-0.25, -0.2) is 0 Å². The van der Waals surface area contributed by atoms with Crippen molar-refractivity contribution in [2.24, 2.45) is 5.92 Å². The number of rotatable bonds is 5. The van der Waals surface area contributed by atoms with Gasteiger partial charge in [0.15, 0.2) is 0 Å². The number of anilines is 1. The third-order valence-corrected chi connectivity index (χ3v) is 3.43. The van der Waals surface area contributed by atoms with E-state index in [1.807, 2.05) is 11.4 Å². The van der Waals surface area contributed by atoms with Crippen molar-refractivity contribution in [1.82, 2.24) is 5.32 Å². The lowest BCUT2D eigenvalue weighted by Crippen LogP contribution is -2.15. The van der Waals surface area contributed by atoms with E-state index in [4.69, 9.17) is 5.73 Å². The standard InChI is InChI=1S/C10H16N2S/c11-9-4-6-13-10(9)7-12-5-3-8-1-2-8/h4,6,8,12H,1-3,5,7,11H2. The zero-order chi connectivity index (χ0) is 9.10. The van der Waals surface area contributed by atoms with Crippen LogP contribution < -0.4 is 11.1 Å². The Morgan fingerprint density at radius 1 is 1.54 bits per heavy atom. The predicted octanol–water partition coefficient (Wildman–Crippen LogP) is 2.22. The highest BCUT2D eigenvalue weighted by Crippen LogP contribution is 2.31. The van der Waals surface area contributed by atoms with Crippen molar-refractivity contribution in [3.8, 4) is 0 Å². The Morgan fingerprint density at radius 2 is 2.38 bits per heavy atom. The van der Waals surface area contributed by atoms with E-state index in [9.17, 15) is 0 Å². The van der Waals surface area contributed by atoms with Crippen LogP contribution in [-0.2, 0) is 6.54 Å². The van der Waals surface area contributed by atoms with E-state index in [0.29, 0.717) is 0 Å². The molecule has 0 unspecified atom stereocenters. The van der Waals surface area contributed by atoms with Crippen LogP contribution in [0.25, 0.3) is 0 Å². The zero-order valence-corrected chi connectivity index (χ0v) is 8.57. The Kier molecular flexibility index (Phi) is 2.86. The number of nitrogens with one attached hydrogen (secondary N) is 1. The summed E-state index contributed by atoms with van der Waals surface area (Å²) in [5.74, 6) is 1.02. The van der Waals surface area contributed by atoms with Crippen LogP contribution in [-0.4, -0.2) is 6.54 Å². The summed E-state index contributed by atoms with van der Waals surface area (Å²) in [6, 6.07) is 1.97. The lowest BCUT2D eigenvalue weighted by molar-refractivity contribution is 0.617. The number of nitrogen functional groups attached to an aromatic ring is 1. The Morgan fingerprint density at radius 3 is 3.00 bits per heavy atom. The topological polar surface area (TPSA) is 38.0 Å². The Bertz CT molecular complexity index is 266. The molecule has 0 spiro atoms. The molecule has 0 radical (unpaired) electrons. The number of nitrogens with two attached hydrogens (primary N) is 1. The van der Waals surface area contributed by atoms with Crippen LogP contribution >= 0.6 is 11.3 Å². The van der Waals surface area contributed by atoms with Gasteiger partial charge in [-0.3, -0.25) is 0 Å². The van der Waals surface area contributed by atoms with Gasteiger partial charge in [0.2, 0.25) is 0 Å². The molecule has 72 valence electrons. The SMILES string of the molecule is Nc1ccsc1CNCCC1CC1. The molecular weight excluding hydrogens is 180 g/mol. The molecule has 1 heterocycles. The van der Waals surface area contributed by atoms with Crippen molar-refractivity contribution in [3.63, 3.8) is 0 Å². The minimum atomic E-state index is 0.934. The second-order valence-electron chi connectivity index (χ2n) is 3.71. The molecule has 1 aliphatic carbocycles. The maximum atomic E-state index is 5.77. The van der Waals surface area contributed by atoms with E-state index < -0.39 is 0 Å². The molecule has 0 atom stereocenters. The van der Waals surface area contributed by atoms with E-state index in [0.717, 1.165) is 24.7 Å². The van der Waals surface area contributed by atoms with Crippen molar-refractivity contribution in [3.05, 3.63) is 16.3 Å². The van der Waals surface area contributed by atoms with Gasteiger partial charge in [0.25, 0.3) is 0 Å². The van der Waals surface area contributed by atoms with Crippen LogP contribution in [0.4, 0.5) is 5.69 Å². The van der Waals surface area contributed by atoms with Crippen LogP contribution in [0.1, 0.15) is 24.1 Å². The molecule has 0 saturated heterocycles. The molecule has 2 nitrogen and oxygen atoms in total. The van der Waals surface area contributed by atoms with Gasteiger partial charge in [-0.05, 0) is 30.3 Å². The molecule has 13 heavy (non-hydrogen) atoms. The Labute approximate surface area is 83.1 Å². The molecule has 2 rings (SSSR count). The molecule has 1 aliphatic rings. The average molecular weight is 196 g/mol. The van der Waals surface area contributed by atoms with Gasteiger partial charge in [0, 0.05) is 17.1 Å². The average Bonchev–Trinajstić information content (AvgIpc) is 2.86. The highest BCUT2D eigenvalue weighted by atomic mass is 32.1. The summed E-state index contributed by atoms with van der Waals surface area (Å²) < 4.78 is 0. The summed E-state index contributed by atoms with van der Waals surface area (Å²) >= 11 is 1.74. The molecule has 1 saturated carbocycles. The van der Waals surface area contributed by atoms with Crippen molar-refractivity contribution < 1.29 is 0 Å². The van der Waals surface area contributed by atoms with Crippen LogP contribution in [0.2, 0.25) is 0 Å². The Hall–Kier alpha value is -0.540. The van der Waals surface area contributed by atoms with Gasteiger partial charge in [0.05, 0.1) is 0 Å². The molecule has 3 heteroatoms. The highest BCUT2D eigenvalue weighted by molar-refractivity contribution is 7.10. The molecule has 1 aromatic heterocycles. The van der Waals surface area contributed by atoms with Crippen molar-refractivity contribution >= 4 is 17.0 Å². The summed E-state index contributed by atoms with van der Waals surface area (Å²) in [7, 11) is 0. The maximum absolute atomic E-state index is 5.77. The van der Waals surface area contributed by atoms with Crippen LogP contribution in [0.3, 0.4) is 0 Å². The van der Waals surface area contributed by atoms with Crippen molar-refractivity contribution in [2.75, 3.05) is 12.3 Å². The summed E-state index contributed by atoms with van der Waals surface area (Å²) in [6.07, 6.45) is 4.23. The van der Waals surface area contributed by atoms with Crippen LogP contribution in [0.15, 0.2) is 11.4 Å². The first kappa shape index (κ1) is 9.03. The van der Waals surface area contributed by atoms with E-state index in [2.05, 4.69) is 5.32 Å². The summed E-state index contributed by atoms with van der Waals surface area (Å²) in [5.41, 5.74) is 6.70. The largest absolute Gasteiger partial charge is 0.398 e. The highest BCUT2D eigenvalue weighted by Gasteiger charge is 2.19. The minimum absolute atomic E-state index is 0.934. The number of thiophene rings is 1. The number of hydrogen-bond acceptors (Lipinski definition) is 3. The molecular formula is C10H16N2S. The van der Waals surface area contributed by atoms with Gasteiger partial charge in [0.1, 0.15) is 0 Å². The fourth-order valence-corrected chi connectivity index (χ4v) is 2.18. The fourth-order valence-electron chi connectivity index (χ4n) is 1.41. The molecule has 0 aliphatic heterocycles. The smallest absolute Gasteiger partial charge is 0.0468 e. The molecule has 1 aromatic rings. The normalized spacial score (nSPS) is 16.3. The summed E-state index contributed by atoms with van der Waals surface area (Å²) in [5, 5.41) is 5.48. The molecule has 0 bridgehead atoms. The Balaban J connectivity index is 1.64. The lowest BCUT2D eigenvalue weighted by atomic mass is 10.3. The number of hydrogen-bond donors (Lipinski definition) is 2. The van der Waals surface area contributed by atoms with Gasteiger partial charge >= 0.3 is 0 Å². The lowest BCUT2D eigenvalue weighted by Gasteiger charge is -2.02. The third-order valence-electron chi connectivity index (χ3n) is 2.49. The minimum Gasteiger partial charge on any atom is -0.398 e. The van der Waals surface area contributed by atoms with Crippen LogP contribution in [0.5, 0.6) is 0 Å². The van der Waals surface area contributed by atoms with Gasteiger partial charge < -0.3 is 11.1 Å².